The molecule has 0 saturated carbocycles. The Labute approximate surface area is 184 Å². The average Bonchev–Trinajstić information content (AvgIpc) is 2.77. The van der Waals surface area contributed by atoms with Crippen LogP contribution in [0, 0.1) is 13.8 Å². The third-order valence-electron chi connectivity index (χ3n) is 5.47. The molecule has 2 rings (SSSR count). The number of carboxylic acids is 1. The van der Waals surface area contributed by atoms with Crippen LogP contribution in [0.5, 0.6) is 17.2 Å². The number of aryl methyl sites for hydroxylation is 1. The van der Waals surface area contributed by atoms with E-state index in [9.17, 15) is 9.90 Å². The predicted octanol–water partition coefficient (Wildman–Crippen LogP) is 5.39. The maximum Gasteiger partial charge on any atom is 0.331 e. The number of carboxylic acid groups (broad SMARTS) is 1. The molecule has 0 bridgehead atoms. The minimum Gasteiger partial charge on any atom is -0.496 e. The number of benzene rings is 1. The molecule has 2 aromatic rings. The predicted molar refractivity (Wildman–Crippen MR) is 122 cm³/mol. The molecule has 0 unspecified atom stereocenters. The molecule has 6 nitrogen and oxygen atoms in total. The minimum atomic E-state index is -0.913. The van der Waals surface area contributed by atoms with Crippen molar-refractivity contribution in [2.24, 2.45) is 0 Å². The molecule has 1 heterocycles. The van der Waals surface area contributed by atoms with Gasteiger partial charge in [0.15, 0.2) is 11.5 Å². The summed E-state index contributed by atoms with van der Waals surface area (Å²) < 4.78 is 16.6. The SMILES string of the molecule is COc1c(C)c(OC)c(OC)c(C)c1C=C(CCCCCCc1cccnc1)C(=O)O. The summed E-state index contributed by atoms with van der Waals surface area (Å²) >= 11 is 0. The zero-order valence-electron chi connectivity index (χ0n) is 19.2. The van der Waals surface area contributed by atoms with Gasteiger partial charge in [-0.05, 0) is 57.2 Å². The second kappa shape index (κ2) is 12.0. The molecular weight excluding hydrogens is 394 g/mol. The Kier molecular flexibility index (Phi) is 9.38. The number of aliphatic carboxylic acids is 1. The van der Waals surface area contributed by atoms with Crippen molar-refractivity contribution in [3.05, 3.63) is 52.4 Å². The van der Waals surface area contributed by atoms with Gasteiger partial charge >= 0.3 is 5.97 Å². The topological polar surface area (TPSA) is 77.9 Å². The van der Waals surface area contributed by atoms with Crippen molar-refractivity contribution in [1.29, 1.82) is 0 Å². The first-order valence-electron chi connectivity index (χ1n) is 10.6. The van der Waals surface area contributed by atoms with E-state index in [-0.39, 0.29) is 0 Å². The van der Waals surface area contributed by atoms with Gasteiger partial charge in [-0.15, -0.1) is 0 Å². The van der Waals surface area contributed by atoms with Crippen molar-refractivity contribution in [3.8, 4) is 17.2 Å². The van der Waals surface area contributed by atoms with Gasteiger partial charge in [-0.2, -0.15) is 0 Å². The lowest BCUT2D eigenvalue weighted by molar-refractivity contribution is -0.132. The molecule has 1 aromatic carbocycles. The summed E-state index contributed by atoms with van der Waals surface area (Å²) in [5.41, 5.74) is 3.88. The van der Waals surface area contributed by atoms with Crippen molar-refractivity contribution >= 4 is 12.0 Å². The standard InChI is InChI=1S/C25H33NO5/c1-17-21(22(29-3)18(2)24(31-5)23(17)30-4)15-20(25(27)28)13-9-7-6-8-11-19-12-10-14-26-16-19/h10,12,14-16H,6-9,11,13H2,1-5H3,(H,27,28). The lowest BCUT2D eigenvalue weighted by atomic mass is 9.96. The number of hydrogen-bond donors (Lipinski definition) is 1. The van der Waals surface area contributed by atoms with Crippen LogP contribution in [0.1, 0.15) is 54.4 Å². The average molecular weight is 428 g/mol. The molecular formula is C25H33NO5. The molecule has 0 aliphatic rings. The number of carbonyl (C=O) groups is 1. The minimum absolute atomic E-state index is 0.361. The number of rotatable bonds is 12. The first-order chi connectivity index (χ1) is 14.9. The van der Waals surface area contributed by atoms with E-state index >= 15 is 0 Å². The second-order valence-corrected chi connectivity index (χ2v) is 7.51. The van der Waals surface area contributed by atoms with Crippen molar-refractivity contribution in [2.75, 3.05) is 21.3 Å². The van der Waals surface area contributed by atoms with Gasteiger partial charge in [-0.3, -0.25) is 4.98 Å². The Balaban J connectivity index is 2.11. The van der Waals surface area contributed by atoms with Crippen LogP contribution in [0.15, 0.2) is 30.1 Å². The van der Waals surface area contributed by atoms with Gasteiger partial charge in [0.25, 0.3) is 0 Å². The normalized spacial score (nSPS) is 11.3. The molecule has 0 fully saturated rings. The summed E-state index contributed by atoms with van der Waals surface area (Å²) in [6, 6.07) is 4.03. The van der Waals surface area contributed by atoms with Crippen LogP contribution >= 0.6 is 0 Å². The third-order valence-corrected chi connectivity index (χ3v) is 5.47. The fraction of sp³-hybridized carbons (Fsp3) is 0.440. The van der Waals surface area contributed by atoms with E-state index in [4.69, 9.17) is 14.2 Å². The third kappa shape index (κ3) is 6.23. The van der Waals surface area contributed by atoms with Gasteiger partial charge in [-0.25, -0.2) is 4.79 Å². The summed E-state index contributed by atoms with van der Waals surface area (Å²) in [5, 5.41) is 9.77. The zero-order chi connectivity index (χ0) is 22.8. The molecule has 0 spiro atoms. The smallest absolute Gasteiger partial charge is 0.331 e. The molecule has 1 N–H and O–H groups in total. The van der Waals surface area contributed by atoms with E-state index in [1.807, 2.05) is 26.1 Å². The first kappa shape index (κ1) is 24.3. The number of nitrogens with zero attached hydrogens (tertiary/aromatic N) is 1. The van der Waals surface area contributed by atoms with Crippen molar-refractivity contribution < 1.29 is 24.1 Å². The number of methoxy groups -OCH3 is 3. The first-order valence-corrected chi connectivity index (χ1v) is 10.6. The summed E-state index contributed by atoms with van der Waals surface area (Å²) in [4.78, 5) is 16.0. The molecule has 1 aromatic heterocycles. The Hall–Kier alpha value is -3.02. The molecule has 0 radical (unpaired) electrons. The Morgan fingerprint density at radius 3 is 2.19 bits per heavy atom. The number of hydrogen-bond acceptors (Lipinski definition) is 5. The van der Waals surface area contributed by atoms with E-state index in [1.165, 1.54) is 5.56 Å². The van der Waals surface area contributed by atoms with Crippen LogP contribution < -0.4 is 14.2 Å². The largest absolute Gasteiger partial charge is 0.496 e. The molecule has 6 heteroatoms. The fourth-order valence-electron chi connectivity index (χ4n) is 3.83. The molecule has 0 saturated heterocycles. The van der Waals surface area contributed by atoms with Gasteiger partial charge in [0.1, 0.15) is 5.75 Å². The number of aromatic nitrogens is 1. The second-order valence-electron chi connectivity index (χ2n) is 7.51. The number of unbranched alkanes of at least 4 members (excludes halogenated alkanes) is 3. The van der Waals surface area contributed by atoms with E-state index in [1.54, 1.807) is 33.6 Å². The van der Waals surface area contributed by atoms with Crippen LogP contribution in [0.2, 0.25) is 0 Å². The van der Waals surface area contributed by atoms with E-state index < -0.39 is 5.97 Å². The highest BCUT2D eigenvalue weighted by Crippen LogP contribution is 2.44. The van der Waals surface area contributed by atoms with Gasteiger partial charge in [0.2, 0.25) is 0 Å². The lowest BCUT2D eigenvalue weighted by Crippen LogP contribution is -2.05. The number of pyridine rings is 1. The zero-order valence-corrected chi connectivity index (χ0v) is 19.2. The molecule has 0 atom stereocenters. The van der Waals surface area contributed by atoms with Gasteiger partial charge in [-0.1, -0.05) is 18.9 Å². The van der Waals surface area contributed by atoms with Crippen LogP contribution in [0.3, 0.4) is 0 Å². The Morgan fingerprint density at radius 1 is 0.968 bits per heavy atom. The van der Waals surface area contributed by atoms with E-state index in [0.29, 0.717) is 34.8 Å². The summed E-state index contributed by atoms with van der Waals surface area (Å²) in [6.45, 7) is 3.76. The fourth-order valence-corrected chi connectivity index (χ4v) is 3.83. The quantitative estimate of drug-likeness (QED) is 0.362. The monoisotopic (exact) mass is 427 g/mol. The molecule has 0 aliphatic heterocycles. The molecule has 168 valence electrons. The van der Waals surface area contributed by atoms with Crippen LogP contribution in [0.25, 0.3) is 6.08 Å². The van der Waals surface area contributed by atoms with Crippen molar-refractivity contribution in [1.82, 2.24) is 4.98 Å². The van der Waals surface area contributed by atoms with Crippen molar-refractivity contribution in [3.63, 3.8) is 0 Å². The van der Waals surface area contributed by atoms with Crippen LogP contribution in [0.4, 0.5) is 0 Å². The van der Waals surface area contributed by atoms with Crippen LogP contribution in [-0.4, -0.2) is 37.4 Å². The van der Waals surface area contributed by atoms with E-state index in [0.717, 1.165) is 43.2 Å². The highest BCUT2D eigenvalue weighted by Gasteiger charge is 2.22. The maximum atomic E-state index is 11.9. The molecule has 0 amide bonds. The van der Waals surface area contributed by atoms with Crippen molar-refractivity contribution in [2.45, 2.75) is 52.4 Å². The highest BCUT2D eigenvalue weighted by atomic mass is 16.5. The summed E-state index contributed by atoms with van der Waals surface area (Å²) in [7, 11) is 4.73. The molecule has 0 aliphatic carbocycles. The molecule has 31 heavy (non-hydrogen) atoms. The van der Waals surface area contributed by atoms with Gasteiger partial charge in [0, 0.05) is 34.7 Å². The van der Waals surface area contributed by atoms with Gasteiger partial charge < -0.3 is 19.3 Å². The highest BCUT2D eigenvalue weighted by molar-refractivity contribution is 5.93. The van der Waals surface area contributed by atoms with E-state index in [2.05, 4.69) is 11.1 Å². The van der Waals surface area contributed by atoms with Crippen LogP contribution in [-0.2, 0) is 11.2 Å². The van der Waals surface area contributed by atoms with Gasteiger partial charge in [0.05, 0.1) is 21.3 Å². The number of ether oxygens (including phenoxy) is 3. The summed E-state index contributed by atoms with van der Waals surface area (Å²) in [6.07, 6.45) is 10.8. The Morgan fingerprint density at radius 2 is 1.61 bits per heavy atom. The lowest BCUT2D eigenvalue weighted by Gasteiger charge is -2.20. The Bertz CT molecular complexity index is 906. The maximum absolute atomic E-state index is 11.9. The summed E-state index contributed by atoms with van der Waals surface area (Å²) in [5.74, 6) is 0.876.